The fourth-order valence-electron chi connectivity index (χ4n) is 3.50. The SMILES string of the molecule is Cc1cn([C@@H]2O[C@H](CO)C3(OS(=O)(=O)C=C3N)[C@H]2O[Si](C)(C)C(C)(C)C)c(=O)[nH]c1=O. The van der Waals surface area contributed by atoms with Crippen LogP contribution in [0.25, 0.3) is 0 Å². The molecule has 11 nitrogen and oxygen atoms in total. The van der Waals surface area contributed by atoms with Crippen LogP contribution in [-0.4, -0.2) is 55.8 Å². The maximum absolute atomic E-state index is 12.6. The number of nitrogens with two attached hydrogens (primary N) is 1. The van der Waals surface area contributed by atoms with E-state index in [1.165, 1.54) is 13.1 Å². The third-order valence-electron chi connectivity index (χ3n) is 6.25. The van der Waals surface area contributed by atoms with Gasteiger partial charge in [0.2, 0.25) is 0 Å². The molecule has 0 aliphatic carbocycles. The fraction of sp³-hybridized carbons (Fsp3) is 0.667. The second-order valence-electron chi connectivity index (χ2n) is 9.42. The first-order valence-corrected chi connectivity index (χ1v) is 14.1. The lowest BCUT2D eigenvalue weighted by atomic mass is 9.89. The van der Waals surface area contributed by atoms with Gasteiger partial charge in [-0.15, -0.1) is 0 Å². The Balaban J connectivity index is 2.25. The first-order valence-electron chi connectivity index (χ1n) is 9.75. The smallest absolute Gasteiger partial charge is 0.330 e. The van der Waals surface area contributed by atoms with Crippen LogP contribution >= 0.6 is 0 Å². The maximum atomic E-state index is 12.6. The second kappa shape index (κ2) is 7.39. The monoisotopic (exact) mass is 475 g/mol. The molecule has 1 aromatic rings. The van der Waals surface area contributed by atoms with Crippen molar-refractivity contribution in [3.05, 3.63) is 43.7 Å². The molecule has 0 aromatic carbocycles. The normalized spacial score (nSPS) is 30.7. The van der Waals surface area contributed by atoms with Crippen LogP contribution in [0.3, 0.4) is 0 Å². The average molecular weight is 476 g/mol. The summed E-state index contributed by atoms with van der Waals surface area (Å²) in [5, 5.41) is 10.5. The molecule has 4 N–H and O–H groups in total. The Morgan fingerprint density at radius 1 is 1.35 bits per heavy atom. The van der Waals surface area contributed by atoms with E-state index in [0.29, 0.717) is 0 Å². The third-order valence-corrected chi connectivity index (χ3v) is 11.8. The van der Waals surface area contributed by atoms with E-state index in [4.69, 9.17) is 19.1 Å². The number of aliphatic hydroxyl groups is 1. The van der Waals surface area contributed by atoms with Gasteiger partial charge in [0.15, 0.2) is 20.1 Å². The van der Waals surface area contributed by atoms with Crippen molar-refractivity contribution in [2.45, 2.75) is 69.9 Å². The highest BCUT2D eigenvalue weighted by Gasteiger charge is 2.66. The first kappa shape index (κ1) is 23.9. The Bertz CT molecular complexity index is 1130. The summed E-state index contributed by atoms with van der Waals surface area (Å²) < 4.78 is 43.6. The predicted octanol–water partition coefficient (Wildman–Crippen LogP) is 0.0240. The van der Waals surface area contributed by atoms with Crippen molar-refractivity contribution < 1.29 is 26.9 Å². The highest BCUT2D eigenvalue weighted by atomic mass is 32.2. The van der Waals surface area contributed by atoms with E-state index in [1.807, 2.05) is 33.9 Å². The summed E-state index contributed by atoms with van der Waals surface area (Å²) in [6, 6.07) is 0. The topological polar surface area (TPSA) is 163 Å². The van der Waals surface area contributed by atoms with Crippen molar-refractivity contribution in [1.82, 2.24) is 9.55 Å². The number of hydrogen-bond donors (Lipinski definition) is 3. The molecular formula is C18H29N3O8SSi. The molecule has 1 spiro atoms. The molecule has 1 unspecified atom stereocenters. The molecule has 4 atom stereocenters. The van der Waals surface area contributed by atoms with E-state index in [1.54, 1.807) is 0 Å². The lowest BCUT2D eigenvalue weighted by molar-refractivity contribution is -0.0588. The van der Waals surface area contributed by atoms with E-state index in [0.717, 1.165) is 9.98 Å². The number of hydrogen-bond acceptors (Lipinski definition) is 9. The molecule has 1 fully saturated rings. The zero-order chi connectivity index (χ0) is 23.6. The molecule has 0 bridgehead atoms. The summed E-state index contributed by atoms with van der Waals surface area (Å²) in [5.41, 5.74) is 2.97. The molecular weight excluding hydrogens is 446 g/mol. The minimum atomic E-state index is -4.17. The number of ether oxygens (including phenoxy) is 1. The Hall–Kier alpha value is -1.77. The van der Waals surface area contributed by atoms with Crippen molar-refractivity contribution in [3.8, 4) is 0 Å². The minimum absolute atomic E-state index is 0.188. The highest BCUT2D eigenvalue weighted by Crippen LogP contribution is 2.51. The van der Waals surface area contributed by atoms with Crippen LogP contribution in [0.1, 0.15) is 32.6 Å². The van der Waals surface area contributed by atoms with Crippen LogP contribution in [0, 0.1) is 6.92 Å². The first-order chi connectivity index (χ1) is 14.1. The van der Waals surface area contributed by atoms with Crippen molar-refractivity contribution in [2.24, 2.45) is 5.73 Å². The van der Waals surface area contributed by atoms with Crippen LogP contribution in [0.4, 0.5) is 0 Å². The molecule has 31 heavy (non-hydrogen) atoms. The molecule has 2 aliphatic heterocycles. The largest absolute Gasteiger partial charge is 0.406 e. The summed E-state index contributed by atoms with van der Waals surface area (Å²) in [6.07, 6.45) is -2.35. The van der Waals surface area contributed by atoms with Crippen LogP contribution in [0.2, 0.25) is 18.1 Å². The van der Waals surface area contributed by atoms with E-state index in [-0.39, 0.29) is 16.3 Å². The summed E-state index contributed by atoms with van der Waals surface area (Å²) in [4.78, 5) is 26.7. The Morgan fingerprint density at radius 3 is 2.45 bits per heavy atom. The highest BCUT2D eigenvalue weighted by molar-refractivity contribution is 7.90. The van der Waals surface area contributed by atoms with E-state index < -0.39 is 60.3 Å². The lowest BCUT2D eigenvalue weighted by Gasteiger charge is -2.43. The van der Waals surface area contributed by atoms with E-state index in [9.17, 15) is 23.1 Å². The van der Waals surface area contributed by atoms with Crippen molar-refractivity contribution in [2.75, 3.05) is 6.61 Å². The van der Waals surface area contributed by atoms with Gasteiger partial charge in [0.25, 0.3) is 15.7 Å². The van der Waals surface area contributed by atoms with Gasteiger partial charge in [-0.05, 0) is 25.1 Å². The molecule has 0 amide bonds. The van der Waals surface area contributed by atoms with Gasteiger partial charge in [-0.2, -0.15) is 8.42 Å². The van der Waals surface area contributed by atoms with Crippen LogP contribution in [-0.2, 0) is 23.5 Å². The van der Waals surface area contributed by atoms with Gasteiger partial charge >= 0.3 is 5.69 Å². The van der Waals surface area contributed by atoms with E-state index in [2.05, 4.69) is 4.98 Å². The number of H-pyrrole nitrogens is 1. The van der Waals surface area contributed by atoms with Crippen LogP contribution in [0.5, 0.6) is 0 Å². The summed E-state index contributed by atoms with van der Waals surface area (Å²) >= 11 is 0. The third kappa shape index (κ3) is 3.83. The standard InChI is InChI=1S/C18H29N3O8SSi/c1-10-7-21(16(24)20-14(10)23)15-13(28-31(5,6)17(2,3)4)18(12(8-22)27-15)11(19)9-30(25,26)29-18/h7,9,12-13,15,22H,8,19H2,1-6H3,(H,20,23,24)/t12-,13+,15-,18?/m1/s1. The van der Waals surface area contributed by atoms with Crippen LogP contribution in [0.15, 0.2) is 26.9 Å². The fourth-order valence-corrected chi connectivity index (χ4v) is 6.01. The van der Waals surface area contributed by atoms with Gasteiger partial charge in [-0.1, -0.05) is 20.8 Å². The molecule has 174 valence electrons. The number of aliphatic hydroxyl groups excluding tert-OH is 1. The van der Waals surface area contributed by atoms with Crippen molar-refractivity contribution in [3.63, 3.8) is 0 Å². The van der Waals surface area contributed by atoms with E-state index >= 15 is 0 Å². The maximum Gasteiger partial charge on any atom is 0.330 e. The zero-order valence-electron chi connectivity index (χ0n) is 18.3. The van der Waals surface area contributed by atoms with Crippen molar-refractivity contribution >= 4 is 18.4 Å². The molecule has 2 aliphatic rings. The summed E-state index contributed by atoms with van der Waals surface area (Å²) in [7, 11) is -6.78. The molecule has 3 heterocycles. The Labute approximate surface area is 181 Å². The van der Waals surface area contributed by atoms with Gasteiger partial charge in [0, 0.05) is 11.8 Å². The number of nitrogens with one attached hydrogen (secondary N) is 1. The number of aromatic nitrogens is 2. The number of rotatable bonds is 4. The van der Waals surface area contributed by atoms with Gasteiger partial charge < -0.3 is 20.0 Å². The van der Waals surface area contributed by atoms with Gasteiger partial charge in [-0.25, -0.2) is 8.98 Å². The van der Waals surface area contributed by atoms with Gasteiger partial charge in [0.1, 0.15) is 12.2 Å². The molecule has 13 heteroatoms. The molecule has 3 rings (SSSR count). The quantitative estimate of drug-likeness (QED) is 0.402. The van der Waals surface area contributed by atoms with Gasteiger partial charge in [-0.3, -0.25) is 14.3 Å². The lowest BCUT2D eigenvalue weighted by Crippen LogP contribution is -2.58. The predicted molar refractivity (Wildman–Crippen MR) is 114 cm³/mol. The number of aromatic amines is 1. The zero-order valence-corrected chi connectivity index (χ0v) is 20.1. The second-order valence-corrected chi connectivity index (χ2v) is 15.6. The van der Waals surface area contributed by atoms with Crippen LogP contribution < -0.4 is 17.0 Å². The number of nitrogens with zero attached hydrogens (tertiary/aromatic N) is 1. The summed E-state index contributed by atoms with van der Waals surface area (Å²) in [5.74, 6) is 0. The Morgan fingerprint density at radius 2 is 1.97 bits per heavy atom. The van der Waals surface area contributed by atoms with Crippen molar-refractivity contribution in [1.29, 1.82) is 0 Å². The average Bonchev–Trinajstić information content (AvgIpc) is 3.03. The molecule has 1 aromatic heterocycles. The minimum Gasteiger partial charge on any atom is -0.406 e. The number of aryl methyl sites for hydroxylation is 1. The molecule has 0 saturated carbocycles. The summed E-state index contributed by atoms with van der Waals surface area (Å²) in [6.45, 7) is 10.7. The van der Waals surface area contributed by atoms with Gasteiger partial charge in [0.05, 0.1) is 17.7 Å². The Kier molecular flexibility index (Phi) is 5.69. The molecule has 0 radical (unpaired) electrons. The molecule has 1 saturated heterocycles.